The van der Waals surface area contributed by atoms with Crippen molar-refractivity contribution in [1.82, 2.24) is 10.2 Å². The standard InChI is InChI=1S/C17H36N2O/c1-15(16-9-10-16)19(13-14-20-5)12-8-6-7-11-18-17(2,3)4/h15-16,18H,6-14H2,1-5H3. The first kappa shape index (κ1) is 17.9. The second-order valence-corrected chi connectivity index (χ2v) is 7.34. The summed E-state index contributed by atoms with van der Waals surface area (Å²) in [4.78, 5) is 2.64. The second kappa shape index (κ2) is 9.01. The van der Waals surface area contributed by atoms with Gasteiger partial charge >= 0.3 is 0 Å². The van der Waals surface area contributed by atoms with Crippen LogP contribution < -0.4 is 5.32 Å². The van der Waals surface area contributed by atoms with Crippen molar-refractivity contribution in [2.24, 2.45) is 5.92 Å². The van der Waals surface area contributed by atoms with Crippen molar-refractivity contribution in [3.63, 3.8) is 0 Å². The Morgan fingerprint density at radius 2 is 1.85 bits per heavy atom. The monoisotopic (exact) mass is 284 g/mol. The van der Waals surface area contributed by atoms with Crippen LogP contribution >= 0.6 is 0 Å². The molecule has 1 saturated carbocycles. The molecule has 0 aromatic carbocycles. The Kier molecular flexibility index (Phi) is 8.08. The van der Waals surface area contributed by atoms with Gasteiger partial charge < -0.3 is 10.1 Å². The molecule has 0 heterocycles. The minimum Gasteiger partial charge on any atom is -0.383 e. The molecule has 3 nitrogen and oxygen atoms in total. The van der Waals surface area contributed by atoms with Crippen LogP contribution in [0.5, 0.6) is 0 Å². The van der Waals surface area contributed by atoms with Gasteiger partial charge in [0.25, 0.3) is 0 Å². The molecule has 3 heteroatoms. The number of rotatable bonds is 11. The molecule has 0 radical (unpaired) electrons. The number of ether oxygens (including phenoxy) is 1. The van der Waals surface area contributed by atoms with Crippen LogP contribution in [0.1, 0.15) is 59.8 Å². The minimum atomic E-state index is 0.255. The molecule has 1 fully saturated rings. The molecule has 0 amide bonds. The van der Waals surface area contributed by atoms with Gasteiger partial charge in [-0.2, -0.15) is 0 Å². The van der Waals surface area contributed by atoms with E-state index in [4.69, 9.17) is 4.74 Å². The van der Waals surface area contributed by atoms with Crippen LogP contribution in [-0.4, -0.2) is 49.8 Å². The van der Waals surface area contributed by atoms with Crippen LogP contribution in [0.4, 0.5) is 0 Å². The molecule has 1 atom stereocenters. The molecule has 0 saturated heterocycles. The van der Waals surface area contributed by atoms with Gasteiger partial charge in [-0.1, -0.05) is 6.42 Å². The fourth-order valence-electron chi connectivity index (χ4n) is 2.68. The summed E-state index contributed by atoms with van der Waals surface area (Å²) in [5, 5.41) is 3.56. The molecule has 20 heavy (non-hydrogen) atoms. The third kappa shape index (κ3) is 8.23. The Labute approximate surface area is 126 Å². The lowest BCUT2D eigenvalue weighted by Crippen LogP contribution is -2.38. The largest absolute Gasteiger partial charge is 0.383 e. The van der Waals surface area contributed by atoms with Crippen molar-refractivity contribution >= 4 is 0 Å². The zero-order chi connectivity index (χ0) is 15.0. The molecule has 0 bridgehead atoms. The Bertz CT molecular complexity index is 246. The van der Waals surface area contributed by atoms with Crippen molar-refractivity contribution in [2.75, 3.05) is 33.4 Å². The number of hydrogen-bond donors (Lipinski definition) is 1. The van der Waals surface area contributed by atoms with Crippen LogP contribution in [-0.2, 0) is 4.74 Å². The number of nitrogens with zero attached hydrogens (tertiary/aromatic N) is 1. The van der Waals surface area contributed by atoms with Crippen LogP contribution in [0.2, 0.25) is 0 Å². The predicted octanol–water partition coefficient (Wildman–Crippen LogP) is 3.29. The molecule has 1 unspecified atom stereocenters. The van der Waals surface area contributed by atoms with Gasteiger partial charge in [-0.25, -0.2) is 0 Å². The van der Waals surface area contributed by atoms with Gasteiger partial charge in [0, 0.05) is 25.2 Å². The van der Waals surface area contributed by atoms with Crippen molar-refractivity contribution in [3.05, 3.63) is 0 Å². The summed E-state index contributed by atoms with van der Waals surface area (Å²) in [5.74, 6) is 0.953. The predicted molar refractivity (Wildman–Crippen MR) is 87.2 cm³/mol. The molecule has 1 aliphatic rings. The maximum Gasteiger partial charge on any atom is 0.0589 e. The first-order valence-electron chi connectivity index (χ1n) is 8.42. The normalized spacial score (nSPS) is 17.7. The van der Waals surface area contributed by atoms with E-state index in [0.29, 0.717) is 0 Å². The summed E-state index contributed by atoms with van der Waals surface area (Å²) in [5.41, 5.74) is 0.255. The van der Waals surface area contributed by atoms with Crippen molar-refractivity contribution in [1.29, 1.82) is 0 Å². The highest BCUT2D eigenvalue weighted by Crippen LogP contribution is 2.35. The van der Waals surface area contributed by atoms with E-state index >= 15 is 0 Å². The summed E-state index contributed by atoms with van der Waals surface area (Å²) in [6.45, 7) is 13.4. The highest BCUT2D eigenvalue weighted by molar-refractivity contribution is 4.85. The molecule has 0 spiro atoms. The van der Waals surface area contributed by atoms with Crippen LogP contribution in [0.3, 0.4) is 0 Å². The third-order valence-electron chi connectivity index (χ3n) is 4.24. The summed E-state index contributed by atoms with van der Waals surface area (Å²) < 4.78 is 5.25. The summed E-state index contributed by atoms with van der Waals surface area (Å²) in [7, 11) is 1.80. The van der Waals surface area contributed by atoms with Gasteiger partial charge in [-0.3, -0.25) is 4.90 Å². The van der Waals surface area contributed by atoms with E-state index in [9.17, 15) is 0 Å². The lowest BCUT2D eigenvalue weighted by atomic mass is 10.1. The SMILES string of the molecule is COCCN(CCCCCNC(C)(C)C)C(C)C1CC1. The fourth-order valence-corrected chi connectivity index (χ4v) is 2.68. The highest BCUT2D eigenvalue weighted by Gasteiger charge is 2.31. The van der Waals surface area contributed by atoms with Gasteiger partial charge in [0.05, 0.1) is 6.61 Å². The topological polar surface area (TPSA) is 24.5 Å². The zero-order valence-corrected chi connectivity index (χ0v) is 14.4. The number of hydrogen-bond acceptors (Lipinski definition) is 3. The van der Waals surface area contributed by atoms with Crippen LogP contribution in [0.25, 0.3) is 0 Å². The Hall–Kier alpha value is -0.120. The molecular formula is C17H36N2O. The molecule has 1 aliphatic carbocycles. The van der Waals surface area contributed by atoms with Crippen LogP contribution in [0.15, 0.2) is 0 Å². The second-order valence-electron chi connectivity index (χ2n) is 7.34. The van der Waals surface area contributed by atoms with Gasteiger partial charge in [0.2, 0.25) is 0 Å². The van der Waals surface area contributed by atoms with Gasteiger partial charge in [0.1, 0.15) is 0 Å². The molecule has 1 rings (SSSR count). The van der Waals surface area contributed by atoms with E-state index in [1.54, 1.807) is 7.11 Å². The van der Waals surface area contributed by atoms with Gasteiger partial charge in [-0.15, -0.1) is 0 Å². The Morgan fingerprint density at radius 1 is 1.15 bits per heavy atom. The van der Waals surface area contributed by atoms with Crippen molar-refractivity contribution in [3.8, 4) is 0 Å². The molecule has 120 valence electrons. The van der Waals surface area contributed by atoms with E-state index in [0.717, 1.165) is 31.7 Å². The fraction of sp³-hybridized carbons (Fsp3) is 1.00. The number of nitrogens with one attached hydrogen (secondary N) is 1. The van der Waals surface area contributed by atoms with Crippen molar-refractivity contribution in [2.45, 2.75) is 71.4 Å². The van der Waals surface area contributed by atoms with Crippen LogP contribution in [0, 0.1) is 5.92 Å². The zero-order valence-electron chi connectivity index (χ0n) is 14.4. The van der Waals surface area contributed by atoms with Gasteiger partial charge in [-0.05, 0) is 72.4 Å². The molecule has 0 aromatic rings. The summed E-state index contributed by atoms with van der Waals surface area (Å²) in [6.07, 6.45) is 6.78. The average Bonchev–Trinajstić information content (AvgIpc) is 3.19. The first-order valence-corrected chi connectivity index (χ1v) is 8.42. The lowest BCUT2D eigenvalue weighted by Gasteiger charge is -2.29. The van der Waals surface area contributed by atoms with E-state index < -0.39 is 0 Å². The first-order chi connectivity index (χ1) is 9.44. The molecule has 0 aromatic heterocycles. The van der Waals surface area contributed by atoms with E-state index in [1.807, 2.05) is 0 Å². The van der Waals surface area contributed by atoms with E-state index in [2.05, 4.69) is 37.9 Å². The Morgan fingerprint density at radius 3 is 2.40 bits per heavy atom. The average molecular weight is 284 g/mol. The molecule has 1 N–H and O–H groups in total. The molecular weight excluding hydrogens is 248 g/mol. The third-order valence-corrected chi connectivity index (χ3v) is 4.24. The maximum atomic E-state index is 5.25. The van der Waals surface area contributed by atoms with Crippen molar-refractivity contribution < 1.29 is 4.74 Å². The molecule has 0 aliphatic heterocycles. The Balaban J connectivity index is 2.11. The summed E-state index contributed by atoms with van der Waals surface area (Å²) >= 11 is 0. The highest BCUT2D eigenvalue weighted by atomic mass is 16.5. The van der Waals surface area contributed by atoms with Gasteiger partial charge in [0.15, 0.2) is 0 Å². The van der Waals surface area contributed by atoms with E-state index in [-0.39, 0.29) is 5.54 Å². The minimum absolute atomic E-state index is 0.255. The number of methoxy groups -OCH3 is 1. The maximum absolute atomic E-state index is 5.25. The number of unbranched alkanes of at least 4 members (excludes halogenated alkanes) is 2. The smallest absolute Gasteiger partial charge is 0.0589 e. The lowest BCUT2D eigenvalue weighted by molar-refractivity contribution is 0.115. The van der Waals surface area contributed by atoms with E-state index in [1.165, 1.54) is 38.6 Å². The quantitative estimate of drug-likeness (QED) is 0.589. The summed E-state index contributed by atoms with van der Waals surface area (Å²) in [6, 6.07) is 0.748.